The molecule has 1 N–H and O–H groups in total. The van der Waals surface area contributed by atoms with Crippen LogP contribution in [0, 0.1) is 0 Å². The van der Waals surface area contributed by atoms with Crippen LogP contribution in [0.15, 0.2) is 83.8 Å². The minimum absolute atomic E-state index is 0.145. The molecule has 1 saturated heterocycles. The number of aryl methyl sites for hydroxylation is 1. The highest BCUT2D eigenvalue weighted by Gasteiger charge is 2.31. The lowest BCUT2D eigenvalue weighted by Gasteiger charge is -2.32. The number of carbonyl (C=O) groups excluding carboxylic acids is 2. The first kappa shape index (κ1) is 31.7. The molecule has 1 heterocycles. The predicted molar refractivity (Wildman–Crippen MR) is 163 cm³/mol. The zero-order valence-electron chi connectivity index (χ0n) is 23.9. The summed E-state index contributed by atoms with van der Waals surface area (Å²) in [7, 11) is -1.89. The van der Waals surface area contributed by atoms with Crippen LogP contribution in [0.1, 0.15) is 48.4 Å². The number of carbonyl (C=O) groups is 2. The van der Waals surface area contributed by atoms with Gasteiger partial charge in [-0.05, 0) is 66.6 Å². The standard InChI is InChI=1S/C32H38ClN3O5S/c1-41-23-7-20-34-32(38)31(27-8-3-2-4-9-27)36(24-26-10-15-28(33)16-11-26)30(37)19-14-25-12-17-29(18-13-25)42(39,40)35-21-5-6-22-35/h2-4,8-13,15-18,31H,5-7,14,19-24H2,1H3,(H,34,38). The van der Waals surface area contributed by atoms with Crippen LogP contribution in [0.2, 0.25) is 5.02 Å². The van der Waals surface area contributed by atoms with Crippen LogP contribution < -0.4 is 5.32 Å². The van der Waals surface area contributed by atoms with Crippen LogP contribution in [0.3, 0.4) is 0 Å². The smallest absolute Gasteiger partial charge is 0.247 e. The number of nitrogens with one attached hydrogen (secondary N) is 1. The molecule has 1 fully saturated rings. The van der Waals surface area contributed by atoms with E-state index in [-0.39, 0.29) is 29.7 Å². The molecule has 10 heteroatoms. The van der Waals surface area contributed by atoms with E-state index in [0.29, 0.717) is 49.7 Å². The van der Waals surface area contributed by atoms with E-state index in [0.717, 1.165) is 24.0 Å². The van der Waals surface area contributed by atoms with Crippen molar-refractivity contribution in [2.45, 2.75) is 49.6 Å². The predicted octanol–water partition coefficient (Wildman–Crippen LogP) is 4.98. The Morgan fingerprint density at radius 3 is 2.24 bits per heavy atom. The molecule has 0 saturated carbocycles. The number of benzene rings is 3. The second kappa shape index (κ2) is 15.3. The number of nitrogens with zero attached hydrogens (tertiary/aromatic N) is 2. The molecule has 4 rings (SSSR count). The van der Waals surface area contributed by atoms with E-state index in [1.165, 1.54) is 4.31 Å². The number of methoxy groups -OCH3 is 1. The Morgan fingerprint density at radius 1 is 0.952 bits per heavy atom. The first-order chi connectivity index (χ1) is 20.3. The highest BCUT2D eigenvalue weighted by Crippen LogP contribution is 2.26. The molecule has 3 aromatic rings. The number of hydrogen-bond acceptors (Lipinski definition) is 5. The zero-order valence-corrected chi connectivity index (χ0v) is 25.4. The molecule has 3 aromatic carbocycles. The van der Waals surface area contributed by atoms with Gasteiger partial charge in [-0.25, -0.2) is 8.42 Å². The molecular formula is C32H38ClN3O5S. The molecule has 224 valence electrons. The highest BCUT2D eigenvalue weighted by molar-refractivity contribution is 7.89. The van der Waals surface area contributed by atoms with Gasteiger partial charge in [0.25, 0.3) is 0 Å². The summed E-state index contributed by atoms with van der Waals surface area (Å²) in [6.45, 7) is 2.25. The molecular weight excluding hydrogens is 574 g/mol. The normalized spacial score (nSPS) is 14.4. The summed E-state index contributed by atoms with van der Waals surface area (Å²) >= 11 is 6.10. The van der Waals surface area contributed by atoms with Gasteiger partial charge in [-0.3, -0.25) is 9.59 Å². The lowest BCUT2D eigenvalue weighted by molar-refractivity contribution is -0.141. The first-order valence-electron chi connectivity index (χ1n) is 14.2. The Labute approximate surface area is 253 Å². The summed E-state index contributed by atoms with van der Waals surface area (Å²) in [5, 5.41) is 3.55. The molecule has 1 unspecified atom stereocenters. The molecule has 42 heavy (non-hydrogen) atoms. The first-order valence-corrected chi connectivity index (χ1v) is 16.1. The summed E-state index contributed by atoms with van der Waals surface area (Å²) < 4.78 is 32.4. The van der Waals surface area contributed by atoms with Gasteiger partial charge in [0, 0.05) is 51.3 Å². The molecule has 8 nitrogen and oxygen atoms in total. The van der Waals surface area contributed by atoms with Crippen molar-refractivity contribution in [3.63, 3.8) is 0 Å². The van der Waals surface area contributed by atoms with Crippen molar-refractivity contribution >= 4 is 33.4 Å². The van der Waals surface area contributed by atoms with Gasteiger partial charge in [0.05, 0.1) is 4.90 Å². The van der Waals surface area contributed by atoms with E-state index >= 15 is 0 Å². The van der Waals surface area contributed by atoms with Crippen LogP contribution in [0.4, 0.5) is 0 Å². The lowest BCUT2D eigenvalue weighted by atomic mass is 10.0. The minimum Gasteiger partial charge on any atom is -0.385 e. The van der Waals surface area contributed by atoms with Crippen LogP contribution in [0.25, 0.3) is 0 Å². The minimum atomic E-state index is -3.50. The van der Waals surface area contributed by atoms with Gasteiger partial charge >= 0.3 is 0 Å². The number of hydrogen-bond donors (Lipinski definition) is 1. The van der Waals surface area contributed by atoms with Gasteiger partial charge in [-0.1, -0.05) is 66.2 Å². The average molecular weight is 612 g/mol. The van der Waals surface area contributed by atoms with Crippen molar-refractivity contribution in [1.82, 2.24) is 14.5 Å². The summed E-state index contributed by atoms with van der Waals surface area (Å²) in [5.74, 6) is -0.462. The SMILES string of the molecule is COCCCNC(=O)C(c1ccccc1)N(Cc1ccc(Cl)cc1)C(=O)CCc1ccc(S(=O)(=O)N2CCCC2)cc1. The second-order valence-corrected chi connectivity index (χ2v) is 12.7. The van der Waals surface area contributed by atoms with Crippen molar-refractivity contribution in [2.24, 2.45) is 0 Å². The highest BCUT2D eigenvalue weighted by atomic mass is 35.5. The Bertz CT molecular complexity index is 1410. The van der Waals surface area contributed by atoms with Gasteiger partial charge in [0.1, 0.15) is 6.04 Å². The van der Waals surface area contributed by atoms with Crippen molar-refractivity contribution < 1.29 is 22.7 Å². The molecule has 0 radical (unpaired) electrons. The van der Waals surface area contributed by atoms with Gasteiger partial charge in [0.2, 0.25) is 21.8 Å². The Balaban J connectivity index is 1.54. The van der Waals surface area contributed by atoms with Crippen LogP contribution in [-0.2, 0) is 37.3 Å². The Morgan fingerprint density at radius 2 is 1.60 bits per heavy atom. The number of amides is 2. The van der Waals surface area contributed by atoms with E-state index < -0.39 is 16.1 Å². The number of sulfonamides is 1. The molecule has 0 spiro atoms. The third-order valence-corrected chi connectivity index (χ3v) is 9.50. The molecule has 0 aliphatic carbocycles. The third kappa shape index (κ3) is 8.41. The van der Waals surface area contributed by atoms with Crippen LogP contribution >= 0.6 is 11.6 Å². The third-order valence-electron chi connectivity index (χ3n) is 7.34. The second-order valence-electron chi connectivity index (χ2n) is 10.4. The maximum Gasteiger partial charge on any atom is 0.247 e. The fraction of sp³-hybridized carbons (Fsp3) is 0.375. The topological polar surface area (TPSA) is 96.0 Å². The fourth-order valence-electron chi connectivity index (χ4n) is 5.04. The van der Waals surface area contributed by atoms with Crippen LogP contribution in [-0.4, -0.2) is 62.8 Å². The molecule has 1 atom stereocenters. The number of rotatable bonds is 14. The van der Waals surface area contributed by atoms with Gasteiger partial charge < -0.3 is 15.0 Å². The fourth-order valence-corrected chi connectivity index (χ4v) is 6.69. The van der Waals surface area contributed by atoms with E-state index in [4.69, 9.17) is 16.3 Å². The lowest BCUT2D eigenvalue weighted by Crippen LogP contribution is -2.43. The van der Waals surface area contributed by atoms with E-state index in [1.54, 1.807) is 48.4 Å². The number of halogens is 1. The molecule has 1 aliphatic rings. The average Bonchev–Trinajstić information content (AvgIpc) is 3.56. The number of ether oxygens (including phenoxy) is 1. The maximum absolute atomic E-state index is 13.9. The monoisotopic (exact) mass is 611 g/mol. The zero-order chi connectivity index (χ0) is 30.0. The summed E-state index contributed by atoms with van der Waals surface area (Å²) in [5.41, 5.74) is 2.40. The molecule has 0 aromatic heterocycles. The van der Waals surface area contributed by atoms with Gasteiger partial charge in [-0.15, -0.1) is 0 Å². The Kier molecular flexibility index (Phi) is 11.5. The summed E-state index contributed by atoms with van der Waals surface area (Å²) in [4.78, 5) is 29.3. The van der Waals surface area contributed by atoms with E-state index in [9.17, 15) is 18.0 Å². The van der Waals surface area contributed by atoms with Gasteiger partial charge in [-0.2, -0.15) is 4.31 Å². The molecule has 0 bridgehead atoms. The molecule has 2 amide bonds. The van der Waals surface area contributed by atoms with Crippen molar-refractivity contribution in [1.29, 1.82) is 0 Å². The summed E-state index contributed by atoms with van der Waals surface area (Å²) in [6.07, 6.45) is 2.95. The maximum atomic E-state index is 13.9. The van der Waals surface area contributed by atoms with Crippen LogP contribution in [0.5, 0.6) is 0 Å². The largest absolute Gasteiger partial charge is 0.385 e. The van der Waals surface area contributed by atoms with Crippen molar-refractivity contribution in [2.75, 3.05) is 33.4 Å². The van der Waals surface area contributed by atoms with Gasteiger partial charge in [0.15, 0.2) is 0 Å². The van der Waals surface area contributed by atoms with Crippen molar-refractivity contribution in [3.05, 3.63) is 101 Å². The van der Waals surface area contributed by atoms with E-state index in [2.05, 4.69) is 5.32 Å². The quantitative estimate of drug-likeness (QED) is 0.259. The Hall–Kier alpha value is -3.24. The molecule has 1 aliphatic heterocycles. The van der Waals surface area contributed by atoms with E-state index in [1.807, 2.05) is 42.5 Å². The van der Waals surface area contributed by atoms with Crippen molar-refractivity contribution in [3.8, 4) is 0 Å². The summed E-state index contributed by atoms with van der Waals surface area (Å²) in [6, 6.07) is 22.4.